The van der Waals surface area contributed by atoms with Crippen LogP contribution in [0.15, 0.2) is 109 Å². The molecule has 68 heavy (non-hydrogen) atoms. The van der Waals surface area contributed by atoms with Crippen molar-refractivity contribution in [1.29, 1.82) is 0 Å². The first-order valence-electron chi connectivity index (χ1n) is 23.1. The number of fused-ring (bicyclic) bond motifs is 3. The van der Waals surface area contributed by atoms with E-state index in [1.54, 1.807) is 18.2 Å². The number of piperidine rings is 3. The van der Waals surface area contributed by atoms with E-state index in [2.05, 4.69) is 15.2 Å². The fourth-order valence-electron chi connectivity index (χ4n) is 9.29. The molecule has 1 aromatic heterocycles. The largest absolute Gasteiger partial charge is 0.489 e. The molecule has 1 aliphatic carbocycles. The predicted octanol–water partition coefficient (Wildman–Crippen LogP) is 10.4. The number of amides is 2. The molecule has 4 aliphatic heterocycles. The third kappa shape index (κ3) is 11.6. The van der Waals surface area contributed by atoms with Gasteiger partial charge >= 0.3 is 18.7 Å². The summed E-state index contributed by atoms with van der Waals surface area (Å²) in [7, 11) is 0. The van der Waals surface area contributed by atoms with Gasteiger partial charge in [0, 0.05) is 37.5 Å². The lowest BCUT2D eigenvalue weighted by atomic mass is 9.86. The number of rotatable bonds is 18. The van der Waals surface area contributed by atoms with Gasteiger partial charge in [0.05, 0.1) is 22.7 Å². The third-order valence-electron chi connectivity index (χ3n) is 13.1. The standard InChI is InChI=1S/C52H52Cl2F2N4O8/c53-41-27-57-28-42(54)40(41)26-45(36-16-17-44(67-51(55)56)46(25-36)65-30-32-14-15-32)66-50(62)43-13-6-20-60(43)49(61)38-11-4-7-33(23-38)31-64-39-12-5-10-37(24-39)48(35-8-2-1-3-9-35)58-52(63)68-47-29-59-21-18-34(47)19-22-59/h1-5,7-12,16-17,23-25,27-28,32,34,43,45,47-48,51H,6,13-15,18-22,26,29-31H2,(H,58,63)/t43-,45-,47-,48-/m0/s1. The highest BCUT2D eigenvalue weighted by molar-refractivity contribution is 6.35. The van der Waals surface area contributed by atoms with Gasteiger partial charge in [-0.1, -0.05) is 83.9 Å². The second kappa shape index (κ2) is 21.6. The highest BCUT2D eigenvalue weighted by atomic mass is 35.5. The maximum absolute atomic E-state index is 14.2. The first-order chi connectivity index (χ1) is 33.0. The minimum Gasteiger partial charge on any atom is -0.489 e. The highest BCUT2D eigenvalue weighted by Gasteiger charge is 2.39. The zero-order valence-corrected chi connectivity index (χ0v) is 38.8. The van der Waals surface area contributed by atoms with Crippen molar-refractivity contribution in [2.75, 3.05) is 32.8 Å². The summed E-state index contributed by atoms with van der Waals surface area (Å²) in [6.45, 7) is 0.554. The van der Waals surface area contributed by atoms with E-state index < -0.39 is 36.9 Å². The molecule has 12 nitrogen and oxygen atoms in total. The Hall–Kier alpha value is -5.96. The van der Waals surface area contributed by atoms with Crippen LogP contribution in [-0.2, 0) is 27.3 Å². The van der Waals surface area contributed by atoms with Gasteiger partial charge in [-0.05, 0) is 128 Å². The SMILES string of the molecule is O=C(N[C@@H](c1ccccc1)c1cccc(OCc2cccc(C(=O)N3CCC[C@H]3C(=O)O[C@@H](Cc3c(Cl)cncc3Cl)c3ccc(OC(F)F)c(OCC4CC4)c3)c2)c1)O[C@H]1CN2CCC1CC2. The molecule has 0 spiro atoms. The number of alkyl carbamates (subject to hydrolysis) is 1. The van der Waals surface area contributed by atoms with Crippen LogP contribution in [0.5, 0.6) is 17.2 Å². The molecule has 10 rings (SSSR count). The second-order valence-corrected chi connectivity index (χ2v) is 18.7. The first kappa shape index (κ1) is 47.1. The van der Waals surface area contributed by atoms with Gasteiger partial charge in [-0.25, -0.2) is 9.59 Å². The Morgan fingerprint density at radius 3 is 2.28 bits per heavy atom. The molecule has 5 aromatic rings. The van der Waals surface area contributed by atoms with Crippen molar-refractivity contribution in [2.45, 2.75) is 82.5 Å². The topological polar surface area (TPSA) is 129 Å². The summed E-state index contributed by atoms with van der Waals surface area (Å²) in [5.41, 5.74) is 3.69. The number of hydrogen-bond acceptors (Lipinski definition) is 10. The molecular formula is C52H52Cl2F2N4O8. The second-order valence-electron chi connectivity index (χ2n) is 17.8. The first-order valence-corrected chi connectivity index (χ1v) is 23.9. The normalized spacial score (nSPS) is 20.6. The van der Waals surface area contributed by atoms with Gasteiger partial charge in [-0.15, -0.1) is 0 Å². The Kier molecular flexibility index (Phi) is 14.9. The van der Waals surface area contributed by atoms with Crippen LogP contribution in [0.1, 0.15) is 88.8 Å². The van der Waals surface area contributed by atoms with Crippen LogP contribution in [0.25, 0.3) is 0 Å². The number of alkyl halides is 2. The zero-order chi connectivity index (χ0) is 47.1. The fraction of sp³-hybridized carbons (Fsp3) is 0.385. The van der Waals surface area contributed by atoms with Gasteiger partial charge in [0.15, 0.2) is 11.5 Å². The number of aromatic nitrogens is 1. The summed E-state index contributed by atoms with van der Waals surface area (Å²) in [5.74, 6) is 0.202. The van der Waals surface area contributed by atoms with Crippen molar-refractivity contribution in [2.24, 2.45) is 11.8 Å². The van der Waals surface area contributed by atoms with E-state index in [9.17, 15) is 23.2 Å². The van der Waals surface area contributed by atoms with Crippen LogP contribution in [0.3, 0.4) is 0 Å². The quantitative estimate of drug-likeness (QED) is 0.0848. The summed E-state index contributed by atoms with van der Waals surface area (Å²) < 4.78 is 56.0. The molecule has 16 heteroatoms. The molecular weight excluding hydrogens is 917 g/mol. The Morgan fingerprint density at radius 2 is 1.54 bits per heavy atom. The molecule has 5 aliphatic rings. The zero-order valence-electron chi connectivity index (χ0n) is 37.2. The van der Waals surface area contributed by atoms with Gasteiger partial charge in [-0.3, -0.25) is 14.7 Å². The van der Waals surface area contributed by atoms with Crippen LogP contribution < -0.4 is 19.5 Å². The Balaban J connectivity index is 0.878. The number of nitrogens with one attached hydrogen (secondary N) is 1. The van der Waals surface area contributed by atoms with Gasteiger partial charge in [-0.2, -0.15) is 8.78 Å². The number of carbonyl (C=O) groups is 3. The Morgan fingerprint density at radius 1 is 0.779 bits per heavy atom. The lowest BCUT2D eigenvalue weighted by molar-refractivity contribution is -0.154. The van der Waals surface area contributed by atoms with Gasteiger partial charge < -0.3 is 33.9 Å². The number of nitrogens with zero attached hydrogens (tertiary/aromatic N) is 3. The van der Waals surface area contributed by atoms with Crippen molar-refractivity contribution in [1.82, 2.24) is 20.1 Å². The van der Waals surface area contributed by atoms with E-state index in [-0.39, 0.29) is 46.6 Å². The molecule has 1 saturated carbocycles. The average Bonchev–Trinajstić information content (AvgIpc) is 4.05. The summed E-state index contributed by atoms with van der Waals surface area (Å²) in [6.07, 6.45) is 6.21. The third-order valence-corrected chi connectivity index (χ3v) is 13.8. The molecule has 4 saturated heterocycles. The van der Waals surface area contributed by atoms with Crippen LogP contribution in [0.2, 0.25) is 10.0 Å². The van der Waals surface area contributed by atoms with Crippen molar-refractivity contribution >= 4 is 41.2 Å². The highest BCUT2D eigenvalue weighted by Crippen LogP contribution is 2.39. The summed E-state index contributed by atoms with van der Waals surface area (Å²) in [5, 5.41) is 3.61. The number of hydrogen-bond donors (Lipinski definition) is 1. The van der Waals surface area contributed by atoms with E-state index >= 15 is 0 Å². The Labute approximate surface area is 403 Å². The number of likely N-dealkylation sites (tertiary alicyclic amines) is 1. The van der Waals surface area contributed by atoms with E-state index in [1.807, 2.05) is 60.7 Å². The van der Waals surface area contributed by atoms with E-state index in [4.69, 9.17) is 46.9 Å². The van der Waals surface area contributed by atoms with Crippen LogP contribution in [0.4, 0.5) is 13.6 Å². The number of benzene rings is 4. The van der Waals surface area contributed by atoms with Crippen molar-refractivity contribution in [3.63, 3.8) is 0 Å². The minimum absolute atomic E-state index is 0.0182. The molecule has 356 valence electrons. The predicted molar refractivity (Wildman–Crippen MR) is 250 cm³/mol. The molecule has 2 amide bonds. The molecule has 5 heterocycles. The van der Waals surface area contributed by atoms with E-state index in [1.165, 1.54) is 35.5 Å². The van der Waals surface area contributed by atoms with Crippen molar-refractivity contribution in [3.05, 3.63) is 153 Å². The van der Waals surface area contributed by atoms with Crippen molar-refractivity contribution in [3.8, 4) is 17.2 Å². The number of halogens is 4. The van der Waals surface area contributed by atoms with Gasteiger partial charge in [0.2, 0.25) is 0 Å². The molecule has 0 unspecified atom stereocenters. The monoisotopic (exact) mass is 968 g/mol. The molecule has 1 N–H and O–H groups in total. The van der Waals surface area contributed by atoms with E-state index in [0.717, 1.165) is 62.0 Å². The Bertz CT molecular complexity index is 2560. The molecule has 4 atom stereocenters. The molecule has 5 fully saturated rings. The fourth-order valence-corrected chi connectivity index (χ4v) is 9.81. The number of pyridine rings is 1. The summed E-state index contributed by atoms with van der Waals surface area (Å²) >= 11 is 13.1. The average molecular weight is 970 g/mol. The van der Waals surface area contributed by atoms with Crippen LogP contribution in [0, 0.1) is 11.8 Å². The van der Waals surface area contributed by atoms with E-state index in [0.29, 0.717) is 60.3 Å². The number of carbonyl (C=O) groups excluding carboxylic acids is 3. The number of esters is 1. The van der Waals surface area contributed by atoms with Crippen LogP contribution >= 0.6 is 23.2 Å². The molecule has 0 radical (unpaired) electrons. The van der Waals surface area contributed by atoms with Crippen molar-refractivity contribution < 1.29 is 46.8 Å². The lowest BCUT2D eigenvalue weighted by Crippen LogP contribution is -2.52. The maximum Gasteiger partial charge on any atom is 0.408 e. The van der Waals surface area contributed by atoms with Gasteiger partial charge in [0.25, 0.3) is 5.91 Å². The minimum atomic E-state index is -3.08. The lowest BCUT2D eigenvalue weighted by Gasteiger charge is -2.43. The smallest absolute Gasteiger partial charge is 0.408 e. The molecule has 2 bridgehead atoms. The summed E-state index contributed by atoms with van der Waals surface area (Å²) in [6, 6.07) is 27.3. The van der Waals surface area contributed by atoms with Gasteiger partial charge in [0.1, 0.15) is 30.6 Å². The number of ether oxygens (including phenoxy) is 5. The maximum atomic E-state index is 14.2. The summed E-state index contributed by atoms with van der Waals surface area (Å²) in [4.78, 5) is 49.7. The van der Waals surface area contributed by atoms with Crippen LogP contribution in [-0.4, -0.2) is 84.3 Å². The molecule has 4 aromatic carbocycles.